The lowest BCUT2D eigenvalue weighted by Gasteiger charge is -2.29. The third-order valence-corrected chi connectivity index (χ3v) is 1.72. The lowest BCUT2D eigenvalue weighted by Crippen LogP contribution is -2.44. The average Bonchev–Trinajstić information content (AvgIpc) is 1.98. The fraction of sp³-hybridized carbons (Fsp3) is 0.889. The number of carbonyl (C=O) groups excluding carboxylic acids is 1. The summed E-state index contributed by atoms with van der Waals surface area (Å²) in [7, 11) is 1.46. The summed E-state index contributed by atoms with van der Waals surface area (Å²) < 4.78 is 5.04. The van der Waals surface area contributed by atoms with Crippen molar-refractivity contribution in [3.8, 4) is 0 Å². The van der Waals surface area contributed by atoms with Crippen LogP contribution in [0.4, 0.5) is 4.79 Å². The second-order valence-electron chi connectivity index (χ2n) is 4.25. The number of rotatable bonds is 2. The molecular formula is C9H19NO4. The number of hydrogen-bond acceptors (Lipinski definition) is 4. The summed E-state index contributed by atoms with van der Waals surface area (Å²) in [6, 6.07) is -0.690. The molecule has 2 N–H and O–H groups in total. The van der Waals surface area contributed by atoms with Gasteiger partial charge in [0.2, 0.25) is 0 Å². The Labute approximate surface area is 84.3 Å². The van der Waals surface area contributed by atoms with Crippen molar-refractivity contribution >= 4 is 6.09 Å². The molecule has 0 saturated heterocycles. The molecule has 0 heterocycles. The number of aliphatic hydroxyl groups excluding tert-OH is 1. The number of carbonyl (C=O) groups is 1. The number of amides is 1. The van der Waals surface area contributed by atoms with Crippen LogP contribution in [0.1, 0.15) is 27.7 Å². The Bertz CT molecular complexity index is 197. The van der Waals surface area contributed by atoms with Crippen LogP contribution >= 0.6 is 0 Å². The van der Waals surface area contributed by atoms with Crippen LogP contribution < -0.4 is 0 Å². The molecule has 0 radical (unpaired) electrons. The summed E-state index contributed by atoms with van der Waals surface area (Å²) in [4.78, 5) is 12.5. The molecule has 0 unspecified atom stereocenters. The SMILES string of the molecule is C[C@@H](C(O)O)N(C)C(=O)OC(C)(C)C. The summed E-state index contributed by atoms with van der Waals surface area (Å²) in [5, 5.41) is 17.7. The highest BCUT2D eigenvalue weighted by Crippen LogP contribution is 2.11. The maximum absolute atomic E-state index is 11.4. The topological polar surface area (TPSA) is 70.0 Å². The average molecular weight is 205 g/mol. The molecule has 0 aromatic carbocycles. The molecule has 0 aliphatic rings. The van der Waals surface area contributed by atoms with Crippen molar-refractivity contribution < 1.29 is 19.7 Å². The maximum Gasteiger partial charge on any atom is 0.410 e. The van der Waals surface area contributed by atoms with Gasteiger partial charge in [-0.15, -0.1) is 0 Å². The number of ether oxygens (including phenoxy) is 1. The number of aliphatic hydroxyl groups is 2. The minimum Gasteiger partial charge on any atom is -0.444 e. The van der Waals surface area contributed by atoms with Crippen LogP contribution in [0.15, 0.2) is 0 Å². The molecule has 84 valence electrons. The second kappa shape index (κ2) is 4.61. The van der Waals surface area contributed by atoms with Gasteiger partial charge in [0.05, 0.1) is 6.04 Å². The molecule has 5 heteroatoms. The molecule has 14 heavy (non-hydrogen) atoms. The molecule has 0 aromatic rings. The molecule has 0 aromatic heterocycles. The van der Waals surface area contributed by atoms with Gasteiger partial charge in [0.15, 0.2) is 6.29 Å². The van der Waals surface area contributed by atoms with Crippen molar-refractivity contribution in [1.82, 2.24) is 4.90 Å². The smallest absolute Gasteiger partial charge is 0.410 e. The molecule has 5 nitrogen and oxygen atoms in total. The van der Waals surface area contributed by atoms with E-state index >= 15 is 0 Å². The van der Waals surface area contributed by atoms with Gasteiger partial charge in [0, 0.05) is 7.05 Å². The molecule has 0 aliphatic carbocycles. The zero-order valence-corrected chi connectivity index (χ0v) is 9.31. The van der Waals surface area contributed by atoms with E-state index in [-0.39, 0.29) is 0 Å². The van der Waals surface area contributed by atoms with Crippen LogP contribution in [-0.2, 0) is 4.74 Å². The lowest BCUT2D eigenvalue weighted by atomic mass is 10.2. The van der Waals surface area contributed by atoms with Gasteiger partial charge in [-0.25, -0.2) is 4.79 Å². The van der Waals surface area contributed by atoms with Crippen molar-refractivity contribution in [3.05, 3.63) is 0 Å². The van der Waals surface area contributed by atoms with Gasteiger partial charge >= 0.3 is 6.09 Å². The van der Waals surface area contributed by atoms with Gasteiger partial charge in [0.25, 0.3) is 0 Å². The molecule has 0 aliphatic heterocycles. The zero-order valence-electron chi connectivity index (χ0n) is 9.31. The van der Waals surface area contributed by atoms with Crippen molar-refractivity contribution in [2.24, 2.45) is 0 Å². The molecule has 0 rings (SSSR count). The van der Waals surface area contributed by atoms with Gasteiger partial charge in [-0.3, -0.25) is 0 Å². The third kappa shape index (κ3) is 4.43. The Balaban J connectivity index is 4.26. The lowest BCUT2D eigenvalue weighted by molar-refractivity contribution is -0.0909. The quantitative estimate of drug-likeness (QED) is 0.646. The first-order chi connectivity index (χ1) is 6.15. The van der Waals surface area contributed by atoms with E-state index < -0.39 is 24.0 Å². The Morgan fingerprint density at radius 3 is 2.07 bits per heavy atom. The van der Waals surface area contributed by atoms with Crippen LogP contribution in [0.5, 0.6) is 0 Å². The predicted octanol–water partition coefficient (Wildman–Crippen LogP) is 0.552. The van der Waals surface area contributed by atoms with E-state index in [1.54, 1.807) is 20.8 Å². The van der Waals surface area contributed by atoms with E-state index in [1.807, 2.05) is 0 Å². The largest absolute Gasteiger partial charge is 0.444 e. The van der Waals surface area contributed by atoms with Gasteiger partial charge in [-0.05, 0) is 27.7 Å². The third-order valence-electron chi connectivity index (χ3n) is 1.72. The molecule has 1 atom stereocenters. The summed E-state index contributed by atoms with van der Waals surface area (Å²) in [6.45, 7) is 6.77. The summed E-state index contributed by atoms with van der Waals surface area (Å²) >= 11 is 0. The highest BCUT2D eigenvalue weighted by atomic mass is 16.6. The van der Waals surface area contributed by atoms with Crippen LogP contribution in [0.2, 0.25) is 0 Å². The highest BCUT2D eigenvalue weighted by Gasteiger charge is 2.25. The molecular weight excluding hydrogens is 186 g/mol. The first-order valence-electron chi connectivity index (χ1n) is 4.47. The summed E-state index contributed by atoms with van der Waals surface area (Å²) in [5.41, 5.74) is -0.578. The van der Waals surface area contributed by atoms with Crippen LogP contribution in [0.3, 0.4) is 0 Å². The fourth-order valence-electron chi connectivity index (χ4n) is 0.700. The molecule has 1 amide bonds. The van der Waals surface area contributed by atoms with Crippen LogP contribution in [0, 0.1) is 0 Å². The second-order valence-corrected chi connectivity index (χ2v) is 4.25. The van der Waals surface area contributed by atoms with Crippen molar-refractivity contribution in [2.45, 2.75) is 45.6 Å². The van der Waals surface area contributed by atoms with Gasteiger partial charge in [-0.1, -0.05) is 0 Å². The van der Waals surface area contributed by atoms with Crippen molar-refractivity contribution in [2.75, 3.05) is 7.05 Å². The van der Waals surface area contributed by atoms with Crippen molar-refractivity contribution in [3.63, 3.8) is 0 Å². The highest BCUT2D eigenvalue weighted by molar-refractivity contribution is 5.68. The standard InChI is InChI=1S/C9H19NO4/c1-6(7(11)12)10(5)8(13)14-9(2,3)4/h6-7,11-12H,1-5H3/t6-/m0/s1. The normalized spacial score (nSPS) is 14.0. The number of nitrogens with zero attached hydrogens (tertiary/aromatic N) is 1. The fourth-order valence-corrected chi connectivity index (χ4v) is 0.700. The van der Waals surface area contributed by atoms with E-state index in [0.29, 0.717) is 0 Å². The summed E-state index contributed by atoms with van der Waals surface area (Å²) in [5.74, 6) is 0. The van der Waals surface area contributed by atoms with Crippen molar-refractivity contribution in [1.29, 1.82) is 0 Å². The predicted molar refractivity (Wildman–Crippen MR) is 51.7 cm³/mol. The minimum atomic E-state index is -1.56. The van der Waals surface area contributed by atoms with E-state index in [1.165, 1.54) is 14.0 Å². The van der Waals surface area contributed by atoms with E-state index in [0.717, 1.165) is 4.90 Å². The first kappa shape index (κ1) is 13.2. The van der Waals surface area contributed by atoms with Gasteiger partial charge < -0.3 is 19.8 Å². The Kier molecular flexibility index (Phi) is 4.35. The molecule has 0 bridgehead atoms. The van der Waals surface area contributed by atoms with Gasteiger partial charge in [-0.2, -0.15) is 0 Å². The van der Waals surface area contributed by atoms with Crippen LogP contribution in [-0.4, -0.2) is 46.2 Å². The van der Waals surface area contributed by atoms with E-state index in [2.05, 4.69) is 0 Å². The molecule has 0 fully saturated rings. The number of hydrogen-bond donors (Lipinski definition) is 2. The van der Waals surface area contributed by atoms with Gasteiger partial charge in [0.1, 0.15) is 5.60 Å². The zero-order chi connectivity index (χ0) is 11.5. The number of likely N-dealkylation sites (N-methyl/N-ethyl adjacent to an activating group) is 1. The summed E-state index contributed by atoms with van der Waals surface area (Å²) in [6.07, 6.45) is -2.13. The molecule has 0 spiro atoms. The molecule has 0 saturated carbocycles. The Hall–Kier alpha value is -0.810. The maximum atomic E-state index is 11.4. The first-order valence-corrected chi connectivity index (χ1v) is 4.47. The van der Waals surface area contributed by atoms with E-state index in [9.17, 15) is 4.79 Å². The minimum absolute atomic E-state index is 0.571. The Morgan fingerprint density at radius 2 is 1.79 bits per heavy atom. The van der Waals surface area contributed by atoms with E-state index in [4.69, 9.17) is 14.9 Å². The monoisotopic (exact) mass is 205 g/mol. The van der Waals surface area contributed by atoms with Crippen LogP contribution in [0.25, 0.3) is 0 Å². The Morgan fingerprint density at radius 1 is 1.36 bits per heavy atom.